The van der Waals surface area contributed by atoms with E-state index in [0.29, 0.717) is 6.61 Å². The monoisotopic (exact) mass is 369 g/mol. The van der Waals surface area contributed by atoms with Crippen molar-refractivity contribution in [2.75, 3.05) is 19.7 Å². The van der Waals surface area contributed by atoms with E-state index in [1.165, 1.54) is 34.9 Å². The highest BCUT2D eigenvalue weighted by molar-refractivity contribution is 5.85. The fourth-order valence-electron chi connectivity index (χ4n) is 3.01. The Hall–Kier alpha value is -1.49. The molecular formula is C20H26ClF2NO. The third-order valence-electron chi connectivity index (χ3n) is 4.22. The van der Waals surface area contributed by atoms with Gasteiger partial charge in [-0.15, -0.1) is 12.4 Å². The van der Waals surface area contributed by atoms with E-state index in [9.17, 15) is 8.78 Å². The Morgan fingerprint density at radius 1 is 1.00 bits per heavy atom. The van der Waals surface area contributed by atoms with Crippen molar-refractivity contribution in [3.8, 4) is 0 Å². The molecule has 0 fully saturated rings. The van der Waals surface area contributed by atoms with Crippen LogP contribution in [0.3, 0.4) is 0 Å². The summed E-state index contributed by atoms with van der Waals surface area (Å²) in [6.07, 6.45) is 0. The van der Waals surface area contributed by atoms with Crippen molar-refractivity contribution in [2.24, 2.45) is 0 Å². The van der Waals surface area contributed by atoms with Gasteiger partial charge in [-0.05, 0) is 49.2 Å². The van der Waals surface area contributed by atoms with Crippen molar-refractivity contribution in [1.29, 1.82) is 0 Å². The lowest BCUT2D eigenvalue weighted by molar-refractivity contribution is 0.102. The van der Waals surface area contributed by atoms with E-state index < -0.39 is 11.6 Å². The van der Waals surface area contributed by atoms with Crippen LogP contribution >= 0.6 is 12.4 Å². The average molecular weight is 370 g/mol. The summed E-state index contributed by atoms with van der Waals surface area (Å²) in [5.74, 6) is -0.989. The fraction of sp³-hybridized carbons (Fsp3) is 0.400. The van der Waals surface area contributed by atoms with Crippen molar-refractivity contribution in [3.05, 3.63) is 70.3 Å². The summed E-state index contributed by atoms with van der Waals surface area (Å²) in [7, 11) is 0. The van der Waals surface area contributed by atoms with Gasteiger partial charge in [0.15, 0.2) is 0 Å². The number of benzene rings is 2. The Morgan fingerprint density at radius 2 is 1.56 bits per heavy atom. The van der Waals surface area contributed by atoms with Gasteiger partial charge in [0.25, 0.3) is 0 Å². The Balaban J connectivity index is 0.00000312. The first-order valence-electron chi connectivity index (χ1n) is 8.32. The van der Waals surface area contributed by atoms with Gasteiger partial charge in [0.2, 0.25) is 0 Å². The van der Waals surface area contributed by atoms with Crippen LogP contribution in [0.5, 0.6) is 0 Å². The van der Waals surface area contributed by atoms with Gasteiger partial charge in [-0.25, -0.2) is 8.78 Å². The van der Waals surface area contributed by atoms with Crippen molar-refractivity contribution in [1.82, 2.24) is 5.32 Å². The maximum atomic E-state index is 13.7. The molecule has 0 aliphatic carbocycles. The summed E-state index contributed by atoms with van der Waals surface area (Å²) in [4.78, 5) is 0. The minimum Gasteiger partial charge on any atom is -0.376 e. The number of likely N-dealkylation sites (N-methyl/N-ethyl adjacent to an activating group) is 1. The minimum absolute atomic E-state index is 0. The summed E-state index contributed by atoms with van der Waals surface area (Å²) in [6, 6.07) is 10.1. The third kappa shape index (κ3) is 5.77. The van der Waals surface area contributed by atoms with Crippen LogP contribution in [-0.2, 0) is 11.3 Å². The van der Waals surface area contributed by atoms with Crippen LogP contribution in [0.4, 0.5) is 8.78 Å². The van der Waals surface area contributed by atoms with Gasteiger partial charge >= 0.3 is 0 Å². The molecule has 2 rings (SSSR count). The molecule has 0 aromatic heterocycles. The summed E-state index contributed by atoms with van der Waals surface area (Å²) in [6.45, 7) is 8.19. The number of halogens is 3. The lowest BCUT2D eigenvalue weighted by atomic mass is 9.91. The molecule has 0 saturated heterocycles. The van der Waals surface area contributed by atoms with Crippen LogP contribution in [-0.4, -0.2) is 19.7 Å². The Morgan fingerprint density at radius 3 is 2.12 bits per heavy atom. The number of ether oxygens (including phenoxy) is 1. The van der Waals surface area contributed by atoms with Crippen LogP contribution in [0.2, 0.25) is 0 Å². The fourth-order valence-corrected chi connectivity index (χ4v) is 3.01. The van der Waals surface area contributed by atoms with Crippen molar-refractivity contribution in [3.63, 3.8) is 0 Å². The highest BCUT2D eigenvalue weighted by Crippen LogP contribution is 2.24. The lowest BCUT2D eigenvalue weighted by Gasteiger charge is -2.22. The van der Waals surface area contributed by atoms with Crippen molar-refractivity contribution < 1.29 is 13.5 Å². The molecule has 0 bridgehead atoms. The molecule has 0 radical (unpaired) electrons. The van der Waals surface area contributed by atoms with E-state index in [2.05, 4.69) is 38.2 Å². The molecule has 25 heavy (non-hydrogen) atoms. The van der Waals surface area contributed by atoms with Crippen LogP contribution in [0.1, 0.15) is 35.1 Å². The molecule has 0 saturated carbocycles. The van der Waals surface area contributed by atoms with E-state index >= 15 is 0 Å². The molecule has 0 amide bonds. The number of hydrogen-bond donors (Lipinski definition) is 1. The second-order valence-corrected chi connectivity index (χ2v) is 6.03. The Labute approximate surface area is 155 Å². The van der Waals surface area contributed by atoms with E-state index in [1.807, 2.05) is 6.07 Å². The zero-order valence-electron chi connectivity index (χ0n) is 14.9. The molecule has 138 valence electrons. The molecule has 2 aromatic rings. The second-order valence-electron chi connectivity index (χ2n) is 6.03. The summed E-state index contributed by atoms with van der Waals surface area (Å²) in [5, 5.41) is 3.34. The first kappa shape index (κ1) is 21.6. The SMILES string of the molecule is CCNCC(COCc1c(F)cccc1F)c1c(C)cccc1C.Cl. The van der Waals surface area contributed by atoms with E-state index in [0.717, 1.165) is 13.1 Å². The predicted octanol–water partition coefficient (Wildman–Crippen LogP) is 4.91. The number of nitrogens with one attached hydrogen (secondary N) is 1. The van der Waals surface area contributed by atoms with Gasteiger partial charge in [0, 0.05) is 18.0 Å². The second kappa shape index (κ2) is 10.5. The molecule has 1 N–H and O–H groups in total. The molecule has 2 aromatic carbocycles. The maximum absolute atomic E-state index is 13.7. The van der Waals surface area contributed by atoms with Gasteiger partial charge in [-0.1, -0.05) is 31.2 Å². The van der Waals surface area contributed by atoms with Gasteiger partial charge in [-0.2, -0.15) is 0 Å². The lowest BCUT2D eigenvalue weighted by Crippen LogP contribution is -2.25. The maximum Gasteiger partial charge on any atom is 0.131 e. The first-order chi connectivity index (χ1) is 11.5. The summed E-state index contributed by atoms with van der Waals surface area (Å²) in [5.41, 5.74) is 3.64. The molecule has 1 atom stereocenters. The highest BCUT2D eigenvalue weighted by Gasteiger charge is 2.17. The van der Waals surface area contributed by atoms with Gasteiger partial charge in [0.1, 0.15) is 11.6 Å². The zero-order valence-corrected chi connectivity index (χ0v) is 15.8. The molecule has 5 heteroatoms. The molecule has 2 nitrogen and oxygen atoms in total. The summed E-state index contributed by atoms with van der Waals surface area (Å²) >= 11 is 0. The van der Waals surface area contributed by atoms with Crippen molar-refractivity contribution in [2.45, 2.75) is 33.3 Å². The van der Waals surface area contributed by atoms with E-state index in [-0.39, 0.29) is 30.5 Å². The molecule has 1 unspecified atom stereocenters. The summed E-state index contributed by atoms with van der Waals surface area (Å²) < 4.78 is 33.1. The highest BCUT2D eigenvalue weighted by atomic mass is 35.5. The number of hydrogen-bond acceptors (Lipinski definition) is 2. The topological polar surface area (TPSA) is 21.3 Å². The molecule has 0 aliphatic heterocycles. The smallest absolute Gasteiger partial charge is 0.131 e. The van der Waals surface area contributed by atoms with Crippen LogP contribution in [0, 0.1) is 25.5 Å². The van der Waals surface area contributed by atoms with E-state index in [1.54, 1.807) is 0 Å². The minimum atomic E-state index is -0.565. The van der Waals surface area contributed by atoms with E-state index in [4.69, 9.17) is 4.74 Å². The predicted molar refractivity (Wildman–Crippen MR) is 100 cm³/mol. The molecular weight excluding hydrogens is 344 g/mol. The van der Waals surface area contributed by atoms with Gasteiger partial charge < -0.3 is 10.1 Å². The largest absolute Gasteiger partial charge is 0.376 e. The van der Waals surface area contributed by atoms with Gasteiger partial charge in [-0.3, -0.25) is 0 Å². The molecule has 0 heterocycles. The molecule has 0 aliphatic rings. The first-order valence-corrected chi connectivity index (χ1v) is 8.32. The third-order valence-corrected chi connectivity index (χ3v) is 4.22. The average Bonchev–Trinajstić information content (AvgIpc) is 2.54. The Bertz CT molecular complexity index is 638. The molecule has 0 spiro atoms. The van der Waals surface area contributed by atoms with Crippen LogP contribution < -0.4 is 5.32 Å². The number of aryl methyl sites for hydroxylation is 2. The van der Waals surface area contributed by atoms with Crippen LogP contribution in [0.25, 0.3) is 0 Å². The normalized spacial score (nSPS) is 11.9. The van der Waals surface area contributed by atoms with Gasteiger partial charge in [0.05, 0.1) is 13.2 Å². The Kier molecular flexibility index (Phi) is 9.04. The standard InChI is InChI=1S/C20H25F2NO.ClH/c1-4-23-11-16(20-14(2)7-5-8-15(20)3)12-24-13-17-18(21)9-6-10-19(17)22;/h5-10,16,23H,4,11-13H2,1-3H3;1H. The zero-order chi connectivity index (χ0) is 17.5. The number of rotatable bonds is 8. The van der Waals surface area contributed by atoms with Crippen LogP contribution in [0.15, 0.2) is 36.4 Å². The van der Waals surface area contributed by atoms with Crippen molar-refractivity contribution >= 4 is 12.4 Å². The quantitative estimate of drug-likeness (QED) is 0.713.